The first-order valence-electron chi connectivity index (χ1n) is 12.1. The number of hydrogen-bond donors (Lipinski definition) is 1. The molecule has 0 spiro atoms. The highest BCUT2D eigenvalue weighted by molar-refractivity contribution is 6.34. The van der Waals surface area contributed by atoms with Crippen LogP contribution in [-0.2, 0) is 31.2 Å². The lowest BCUT2D eigenvalue weighted by atomic mass is 10.0. The summed E-state index contributed by atoms with van der Waals surface area (Å²) >= 11 is 6.52. The Morgan fingerprint density at radius 3 is 2.68 bits per heavy atom. The van der Waals surface area contributed by atoms with E-state index in [4.69, 9.17) is 11.6 Å². The van der Waals surface area contributed by atoms with E-state index in [1.165, 1.54) is 4.68 Å². The highest BCUT2D eigenvalue weighted by Crippen LogP contribution is 2.26. The van der Waals surface area contributed by atoms with E-state index in [9.17, 15) is 14.4 Å². The molecule has 1 aromatic carbocycles. The smallest absolute Gasteiger partial charge is 0.273 e. The molecule has 0 bridgehead atoms. The third kappa shape index (κ3) is 5.19. The topological polar surface area (TPSA) is 110 Å². The summed E-state index contributed by atoms with van der Waals surface area (Å²) in [4.78, 5) is 50.0. The fourth-order valence-electron chi connectivity index (χ4n) is 4.59. The largest absolute Gasteiger partial charge is 0.323 e. The standard InChI is InChI=1S/C28H25ClN6O3/c1-17-8-10-31-25(11-17)33-27(37)21-7-6-18(12-22(21)29)16-35-23(14-20-5-3-4-9-30-20)24(36)13-19-15-32-34(2)26(19)28(35)38/h3-12,15,23H,13-14,16H2,1-2H3,(H,31,33,37). The van der Waals surface area contributed by atoms with Crippen LogP contribution < -0.4 is 5.32 Å². The molecule has 0 saturated heterocycles. The van der Waals surface area contributed by atoms with Gasteiger partial charge < -0.3 is 10.2 Å². The molecule has 0 fully saturated rings. The number of amides is 2. The molecule has 1 aliphatic rings. The van der Waals surface area contributed by atoms with Gasteiger partial charge in [0.05, 0.1) is 22.8 Å². The van der Waals surface area contributed by atoms with E-state index in [0.29, 0.717) is 28.3 Å². The second-order valence-electron chi connectivity index (χ2n) is 9.25. The molecule has 1 N–H and O–H groups in total. The summed E-state index contributed by atoms with van der Waals surface area (Å²) < 4.78 is 1.50. The van der Waals surface area contributed by atoms with Crippen molar-refractivity contribution in [3.05, 3.63) is 106 Å². The average Bonchev–Trinajstić information content (AvgIpc) is 3.21. The van der Waals surface area contributed by atoms with Gasteiger partial charge in [-0.25, -0.2) is 4.98 Å². The van der Waals surface area contributed by atoms with Gasteiger partial charge in [0.25, 0.3) is 11.8 Å². The molecule has 1 aliphatic heterocycles. The molecule has 5 rings (SSSR count). The lowest BCUT2D eigenvalue weighted by molar-refractivity contribution is -0.122. The maximum atomic E-state index is 13.7. The first-order valence-corrected chi connectivity index (χ1v) is 12.4. The number of aryl methyl sites for hydroxylation is 2. The van der Waals surface area contributed by atoms with E-state index in [0.717, 1.165) is 5.56 Å². The van der Waals surface area contributed by atoms with E-state index in [1.54, 1.807) is 60.9 Å². The summed E-state index contributed by atoms with van der Waals surface area (Å²) in [6.45, 7) is 2.03. The number of aromatic nitrogens is 4. The Labute approximate surface area is 224 Å². The molecular formula is C28H25ClN6O3. The second kappa shape index (κ2) is 10.5. The Hall–Kier alpha value is -4.37. The molecule has 10 heteroatoms. The molecule has 0 saturated carbocycles. The summed E-state index contributed by atoms with van der Waals surface area (Å²) in [7, 11) is 1.69. The Morgan fingerprint density at radius 2 is 1.95 bits per heavy atom. The molecule has 3 aromatic heterocycles. The molecule has 192 valence electrons. The summed E-state index contributed by atoms with van der Waals surface area (Å²) in [5.74, 6) is -0.361. The Kier molecular flexibility index (Phi) is 7.02. The van der Waals surface area contributed by atoms with Gasteiger partial charge in [0, 0.05) is 50.1 Å². The number of hydrogen-bond acceptors (Lipinski definition) is 6. The minimum absolute atomic E-state index is 0.0940. The highest BCUT2D eigenvalue weighted by Gasteiger charge is 2.37. The van der Waals surface area contributed by atoms with Crippen LogP contribution in [0.15, 0.2) is 67.1 Å². The lowest BCUT2D eigenvalue weighted by Crippen LogP contribution is -2.45. The molecule has 4 aromatic rings. The number of carbonyl (C=O) groups is 3. The molecule has 1 unspecified atom stereocenters. The zero-order chi connectivity index (χ0) is 26.8. The van der Waals surface area contributed by atoms with Crippen LogP contribution >= 0.6 is 11.6 Å². The number of rotatable bonds is 6. The number of nitrogens with zero attached hydrogens (tertiary/aromatic N) is 5. The van der Waals surface area contributed by atoms with Crippen molar-refractivity contribution in [3.63, 3.8) is 0 Å². The zero-order valence-corrected chi connectivity index (χ0v) is 21.6. The highest BCUT2D eigenvalue weighted by atomic mass is 35.5. The second-order valence-corrected chi connectivity index (χ2v) is 9.65. The number of benzene rings is 1. The van der Waals surface area contributed by atoms with Crippen LogP contribution in [0.5, 0.6) is 0 Å². The minimum Gasteiger partial charge on any atom is -0.323 e. The van der Waals surface area contributed by atoms with Gasteiger partial charge in [0.15, 0.2) is 5.78 Å². The predicted molar refractivity (Wildman–Crippen MR) is 142 cm³/mol. The molecule has 38 heavy (non-hydrogen) atoms. The normalized spacial score (nSPS) is 15.2. The summed E-state index contributed by atoms with van der Waals surface area (Å²) in [6.07, 6.45) is 5.24. The first-order chi connectivity index (χ1) is 18.3. The van der Waals surface area contributed by atoms with Crippen LogP contribution in [0.4, 0.5) is 5.82 Å². The van der Waals surface area contributed by atoms with E-state index < -0.39 is 11.9 Å². The Bertz CT molecular complexity index is 1530. The Morgan fingerprint density at radius 1 is 1.11 bits per heavy atom. The minimum atomic E-state index is -0.723. The molecular weight excluding hydrogens is 504 g/mol. The van der Waals surface area contributed by atoms with E-state index >= 15 is 0 Å². The maximum Gasteiger partial charge on any atom is 0.273 e. The van der Waals surface area contributed by atoms with Gasteiger partial charge in [0.1, 0.15) is 11.5 Å². The molecule has 4 heterocycles. The van der Waals surface area contributed by atoms with Crippen LogP contribution in [0.2, 0.25) is 5.02 Å². The van der Waals surface area contributed by atoms with Gasteiger partial charge in [0.2, 0.25) is 0 Å². The van der Waals surface area contributed by atoms with E-state index in [2.05, 4.69) is 20.4 Å². The SMILES string of the molecule is Cc1ccnc(NC(=O)c2ccc(CN3C(=O)c4c(cnn4C)CC(=O)C3Cc3ccccn3)cc2Cl)c1. The quantitative estimate of drug-likeness (QED) is 0.407. The third-order valence-electron chi connectivity index (χ3n) is 6.51. The number of ketones is 1. The van der Waals surface area contributed by atoms with Crippen molar-refractivity contribution in [2.45, 2.75) is 32.4 Å². The fraction of sp³-hybridized carbons (Fsp3) is 0.214. The first kappa shape index (κ1) is 25.3. The zero-order valence-electron chi connectivity index (χ0n) is 20.9. The fourth-order valence-corrected chi connectivity index (χ4v) is 4.88. The number of halogens is 1. The molecule has 9 nitrogen and oxygen atoms in total. The van der Waals surface area contributed by atoms with Crippen molar-refractivity contribution >= 4 is 35.0 Å². The van der Waals surface area contributed by atoms with Gasteiger partial charge in [-0.05, 0) is 54.4 Å². The molecule has 1 atom stereocenters. The van der Waals surface area contributed by atoms with Crippen molar-refractivity contribution in [1.29, 1.82) is 0 Å². The van der Waals surface area contributed by atoms with Crippen LogP contribution in [0.3, 0.4) is 0 Å². The number of fused-ring (bicyclic) bond motifs is 1. The van der Waals surface area contributed by atoms with Gasteiger partial charge in [-0.1, -0.05) is 23.7 Å². The maximum absolute atomic E-state index is 13.7. The van der Waals surface area contributed by atoms with Crippen molar-refractivity contribution in [2.75, 3.05) is 5.32 Å². The van der Waals surface area contributed by atoms with Gasteiger partial charge in [-0.2, -0.15) is 5.10 Å². The Balaban J connectivity index is 1.44. The van der Waals surface area contributed by atoms with Gasteiger partial charge >= 0.3 is 0 Å². The van der Waals surface area contributed by atoms with Crippen LogP contribution in [-0.4, -0.2) is 48.3 Å². The van der Waals surface area contributed by atoms with Crippen molar-refractivity contribution in [1.82, 2.24) is 24.6 Å². The predicted octanol–water partition coefficient (Wildman–Crippen LogP) is 3.80. The van der Waals surface area contributed by atoms with Crippen molar-refractivity contribution < 1.29 is 14.4 Å². The molecule has 0 radical (unpaired) electrons. The van der Waals surface area contributed by atoms with E-state index in [-0.39, 0.29) is 41.7 Å². The third-order valence-corrected chi connectivity index (χ3v) is 6.82. The number of nitrogens with one attached hydrogen (secondary N) is 1. The van der Waals surface area contributed by atoms with Crippen molar-refractivity contribution in [2.24, 2.45) is 7.05 Å². The number of carbonyl (C=O) groups excluding carboxylic acids is 3. The van der Waals surface area contributed by atoms with Crippen LogP contribution in [0.1, 0.15) is 43.2 Å². The summed E-state index contributed by atoms with van der Waals surface area (Å²) in [5.41, 5.74) is 3.61. The summed E-state index contributed by atoms with van der Waals surface area (Å²) in [6, 6.07) is 13.3. The van der Waals surface area contributed by atoms with Crippen LogP contribution in [0, 0.1) is 6.92 Å². The lowest BCUT2D eigenvalue weighted by Gasteiger charge is -2.29. The number of Topliss-reactive ketones (excluding diaryl/α,β-unsaturated/α-hetero) is 1. The van der Waals surface area contributed by atoms with Crippen molar-refractivity contribution in [3.8, 4) is 0 Å². The molecule has 2 amide bonds. The van der Waals surface area contributed by atoms with Crippen LogP contribution in [0.25, 0.3) is 0 Å². The van der Waals surface area contributed by atoms with Gasteiger partial charge in [-0.15, -0.1) is 0 Å². The molecule has 0 aliphatic carbocycles. The summed E-state index contributed by atoms with van der Waals surface area (Å²) in [5, 5.41) is 7.17. The number of anilines is 1. The number of pyridine rings is 2. The van der Waals surface area contributed by atoms with Gasteiger partial charge in [-0.3, -0.25) is 24.0 Å². The van der Waals surface area contributed by atoms with E-state index in [1.807, 2.05) is 25.1 Å². The monoisotopic (exact) mass is 528 g/mol. The average molecular weight is 529 g/mol.